The Hall–Kier alpha value is -2.93. The molecule has 0 unspecified atom stereocenters. The molecule has 1 fully saturated rings. The number of hydrogen-bond donors (Lipinski definition) is 3. The minimum absolute atomic E-state index is 0. The monoisotopic (exact) mass is 356 g/mol. The van der Waals surface area contributed by atoms with Crippen molar-refractivity contribution in [3.05, 3.63) is 54.0 Å². The average Bonchev–Trinajstić information content (AvgIpc) is 3.31. The molecular weight excluding hydrogens is 340 g/mol. The Morgan fingerprint density at radius 2 is 2.12 bits per heavy atom. The number of benzene rings is 1. The van der Waals surface area contributed by atoms with Crippen molar-refractivity contribution in [3.63, 3.8) is 0 Å². The molecule has 7 nitrogen and oxygen atoms in total. The topological polar surface area (TPSA) is 112 Å². The van der Waals surface area contributed by atoms with E-state index in [2.05, 4.69) is 15.2 Å². The molecule has 0 saturated heterocycles. The van der Waals surface area contributed by atoms with Gasteiger partial charge in [-0.25, -0.2) is 4.90 Å². The highest BCUT2D eigenvalue weighted by atomic mass is 35.5. The second-order valence-electron chi connectivity index (χ2n) is 5.88. The van der Waals surface area contributed by atoms with E-state index in [-0.39, 0.29) is 24.3 Å². The van der Waals surface area contributed by atoms with Crippen molar-refractivity contribution in [2.75, 3.05) is 4.90 Å². The second kappa shape index (κ2) is 6.52. The Bertz CT molecular complexity index is 949. The number of carbonyl (C=O) groups excluding carboxylic acids is 1. The number of nitrogens with one attached hydrogen (secondary N) is 2. The van der Waals surface area contributed by atoms with E-state index in [1.807, 2.05) is 18.2 Å². The van der Waals surface area contributed by atoms with Crippen molar-refractivity contribution in [1.82, 2.24) is 15.2 Å². The lowest BCUT2D eigenvalue weighted by atomic mass is 10.1. The fraction of sp³-hybridized carbons (Fsp3) is 0.176. The van der Waals surface area contributed by atoms with Crippen LogP contribution in [0.4, 0.5) is 5.69 Å². The number of guanidine groups is 1. The molecule has 2 heterocycles. The number of aromatic nitrogens is 3. The van der Waals surface area contributed by atoms with Crippen molar-refractivity contribution >= 4 is 40.9 Å². The maximum atomic E-state index is 13.0. The lowest BCUT2D eigenvalue weighted by Crippen LogP contribution is -2.41. The number of pyridine rings is 1. The summed E-state index contributed by atoms with van der Waals surface area (Å²) < 4.78 is 0. The first-order chi connectivity index (χ1) is 11.6. The Labute approximate surface area is 150 Å². The number of amides is 1. The third kappa shape index (κ3) is 3.06. The van der Waals surface area contributed by atoms with Crippen LogP contribution in [0.2, 0.25) is 0 Å². The van der Waals surface area contributed by atoms with Gasteiger partial charge in [0.15, 0.2) is 5.96 Å². The van der Waals surface area contributed by atoms with E-state index in [1.54, 1.807) is 18.3 Å². The van der Waals surface area contributed by atoms with Gasteiger partial charge in [0, 0.05) is 17.5 Å². The number of rotatable bonds is 3. The molecule has 2 aromatic heterocycles. The number of aromatic amines is 1. The number of fused-ring (bicyclic) bond motifs is 1. The van der Waals surface area contributed by atoms with Gasteiger partial charge in [-0.15, -0.1) is 12.4 Å². The predicted molar refractivity (Wildman–Crippen MR) is 98.3 cm³/mol. The molecule has 25 heavy (non-hydrogen) atoms. The number of carbonyl (C=O) groups is 1. The van der Waals surface area contributed by atoms with E-state index in [0.717, 1.165) is 29.4 Å². The fourth-order valence-electron chi connectivity index (χ4n) is 2.84. The maximum absolute atomic E-state index is 13.0. The molecule has 0 spiro atoms. The van der Waals surface area contributed by atoms with Gasteiger partial charge in [-0.3, -0.25) is 20.3 Å². The van der Waals surface area contributed by atoms with Crippen LogP contribution in [0, 0.1) is 5.41 Å². The SMILES string of the molecule is Cl.N=C(N)N(C(=O)c1cn[nH]c1C1CC1)c1ccc2ncccc2c1. The number of nitrogens with zero attached hydrogens (tertiary/aromatic N) is 3. The van der Waals surface area contributed by atoms with Crippen molar-refractivity contribution in [2.24, 2.45) is 5.73 Å². The zero-order valence-corrected chi connectivity index (χ0v) is 14.1. The molecule has 0 radical (unpaired) electrons. The van der Waals surface area contributed by atoms with E-state index in [0.29, 0.717) is 17.2 Å². The molecule has 128 valence electrons. The summed E-state index contributed by atoms with van der Waals surface area (Å²) in [6, 6.07) is 9.09. The van der Waals surface area contributed by atoms with Gasteiger partial charge in [-0.1, -0.05) is 6.07 Å². The van der Waals surface area contributed by atoms with Crippen LogP contribution in [0.25, 0.3) is 10.9 Å². The minimum Gasteiger partial charge on any atom is -0.369 e. The standard InChI is InChI=1S/C17H16N6O.ClH/c18-17(19)23(12-5-6-14-11(8-12)2-1-7-20-14)16(24)13-9-21-22-15(13)10-3-4-10;/h1-2,5-10H,3-4H2,(H3,18,19)(H,21,22);1H. The van der Waals surface area contributed by atoms with Gasteiger partial charge in [0.25, 0.3) is 5.91 Å². The molecule has 4 N–H and O–H groups in total. The number of halogens is 1. The van der Waals surface area contributed by atoms with Crippen LogP contribution < -0.4 is 10.6 Å². The summed E-state index contributed by atoms with van der Waals surface area (Å²) in [5.74, 6) is -0.325. The van der Waals surface area contributed by atoms with Crippen LogP contribution in [-0.4, -0.2) is 27.0 Å². The third-order valence-electron chi connectivity index (χ3n) is 4.17. The first-order valence-corrected chi connectivity index (χ1v) is 7.71. The fourth-order valence-corrected chi connectivity index (χ4v) is 2.84. The van der Waals surface area contributed by atoms with Crippen LogP contribution in [0.15, 0.2) is 42.7 Å². The molecule has 4 rings (SSSR count). The normalized spacial score (nSPS) is 13.3. The largest absolute Gasteiger partial charge is 0.369 e. The number of hydrogen-bond acceptors (Lipinski definition) is 4. The van der Waals surface area contributed by atoms with Gasteiger partial charge < -0.3 is 5.73 Å². The highest BCUT2D eigenvalue weighted by Crippen LogP contribution is 2.40. The van der Waals surface area contributed by atoms with Crippen LogP contribution in [0.1, 0.15) is 34.8 Å². The molecule has 1 amide bonds. The highest BCUT2D eigenvalue weighted by molar-refractivity contribution is 6.21. The zero-order valence-electron chi connectivity index (χ0n) is 13.3. The highest BCUT2D eigenvalue weighted by Gasteiger charge is 2.32. The first kappa shape index (κ1) is 16.9. The molecule has 1 aliphatic carbocycles. The second-order valence-corrected chi connectivity index (χ2v) is 5.88. The van der Waals surface area contributed by atoms with Gasteiger partial charge in [-0.2, -0.15) is 5.10 Å². The summed E-state index contributed by atoms with van der Waals surface area (Å²) in [6.45, 7) is 0. The zero-order chi connectivity index (χ0) is 16.7. The molecule has 1 aromatic carbocycles. The summed E-state index contributed by atoms with van der Waals surface area (Å²) in [5, 5.41) is 15.6. The minimum atomic E-state index is -0.346. The Kier molecular flexibility index (Phi) is 4.41. The lowest BCUT2D eigenvalue weighted by Gasteiger charge is -2.21. The van der Waals surface area contributed by atoms with E-state index >= 15 is 0 Å². The van der Waals surface area contributed by atoms with Crippen molar-refractivity contribution in [3.8, 4) is 0 Å². The van der Waals surface area contributed by atoms with Crippen LogP contribution in [0.3, 0.4) is 0 Å². The predicted octanol–water partition coefficient (Wildman–Crippen LogP) is 2.80. The Balaban J connectivity index is 0.00000182. The number of anilines is 1. The van der Waals surface area contributed by atoms with E-state index in [9.17, 15) is 4.79 Å². The first-order valence-electron chi connectivity index (χ1n) is 7.71. The van der Waals surface area contributed by atoms with E-state index in [4.69, 9.17) is 11.1 Å². The third-order valence-corrected chi connectivity index (χ3v) is 4.17. The summed E-state index contributed by atoms with van der Waals surface area (Å²) in [6.07, 6.45) is 5.31. The van der Waals surface area contributed by atoms with Crippen molar-refractivity contribution in [2.45, 2.75) is 18.8 Å². The molecule has 3 aromatic rings. The molecular formula is C17H17ClN6O. The van der Waals surface area contributed by atoms with Gasteiger partial charge in [-0.05, 0) is 37.1 Å². The van der Waals surface area contributed by atoms with Gasteiger partial charge >= 0.3 is 0 Å². The molecule has 0 atom stereocenters. The summed E-state index contributed by atoms with van der Waals surface area (Å²) >= 11 is 0. The van der Waals surface area contributed by atoms with E-state index in [1.165, 1.54) is 11.1 Å². The molecule has 8 heteroatoms. The van der Waals surface area contributed by atoms with E-state index < -0.39 is 0 Å². The molecule has 0 bridgehead atoms. The van der Waals surface area contributed by atoms with Gasteiger partial charge in [0.05, 0.1) is 28.7 Å². The quantitative estimate of drug-likeness (QED) is 0.494. The summed E-state index contributed by atoms with van der Waals surface area (Å²) in [5.41, 5.74) is 8.36. The summed E-state index contributed by atoms with van der Waals surface area (Å²) in [4.78, 5) is 18.4. The average molecular weight is 357 g/mol. The van der Waals surface area contributed by atoms with Gasteiger partial charge in [0.1, 0.15) is 0 Å². The number of nitrogens with two attached hydrogens (primary N) is 1. The van der Waals surface area contributed by atoms with Crippen molar-refractivity contribution < 1.29 is 4.79 Å². The van der Waals surface area contributed by atoms with Gasteiger partial charge in [0.2, 0.25) is 0 Å². The summed E-state index contributed by atoms with van der Waals surface area (Å²) in [7, 11) is 0. The Morgan fingerprint density at radius 3 is 2.84 bits per heavy atom. The maximum Gasteiger partial charge on any atom is 0.268 e. The van der Waals surface area contributed by atoms with Crippen LogP contribution in [-0.2, 0) is 0 Å². The Morgan fingerprint density at radius 1 is 1.32 bits per heavy atom. The molecule has 0 aliphatic heterocycles. The van der Waals surface area contributed by atoms with Crippen LogP contribution in [0.5, 0.6) is 0 Å². The lowest BCUT2D eigenvalue weighted by molar-refractivity contribution is 0.100. The van der Waals surface area contributed by atoms with Crippen molar-refractivity contribution in [1.29, 1.82) is 5.41 Å². The molecule has 1 saturated carbocycles. The van der Waals surface area contributed by atoms with Crippen LogP contribution >= 0.6 is 12.4 Å². The smallest absolute Gasteiger partial charge is 0.268 e. The number of H-pyrrole nitrogens is 1. The molecule has 1 aliphatic rings.